The van der Waals surface area contributed by atoms with E-state index in [1.165, 1.54) is 25.0 Å². The lowest BCUT2D eigenvalue weighted by Gasteiger charge is -2.42. The lowest BCUT2D eigenvalue weighted by atomic mass is 9.75. The standard InChI is InChI=1S/C21H25ClFN3O2/c22-17-4-3-14(9-18(17)23)20(28)26-7-5-21(6-8-26)16-12-25(10-13-1-2-13)11-15(16)19(27)24-21/h3-4,9,13,15-16H,1-2,5-8,10-12H2,(H,24,27)/t15-,16+/m1/s1. The number of nitrogens with one attached hydrogen (secondary N) is 1. The highest BCUT2D eigenvalue weighted by Crippen LogP contribution is 2.45. The molecule has 5 rings (SSSR count). The molecule has 1 aromatic rings. The number of nitrogens with zero attached hydrogens (tertiary/aromatic N) is 2. The average Bonchev–Trinajstić information content (AvgIpc) is 3.33. The Morgan fingerprint density at radius 3 is 2.68 bits per heavy atom. The van der Waals surface area contributed by atoms with Crippen molar-refractivity contribution in [3.8, 4) is 0 Å². The summed E-state index contributed by atoms with van der Waals surface area (Å²) < 4.78 is 13.7. The average molecular weight is 406 g/mol. The van der Waals surface area contributed by atoms with Crippen LogP contribution in [0.3, 0.4) is 0 Å². The highest BCUT2D eigenvalue weighted by atomic mass is 35.5. The topological polar surface area (TPSA) is 52.7 Å². The number of likely N-dealkylation sites (tertiary alicyclic amines) is 2. The molecular formula is C21H25ClFN3O2. The fraction of sp³-hybridized carbons (Fsp3) is 0.619. The predicted octanol–water partition coefficient (Wildman–Crippen LogP) is 2.54. The minimum absolute atomic E-state index is 0.0193. The van der Waals surface area contributed by atoms with Gasteiger partial charge in [-0.1, -0.05) is 11.6 Å². The molecular weight excluding hydrogens is 381 g/mol. The molecule has 150 valence electrons. The Labute approximate surface area is 169 Å². The van der Waals surface area contributed by atoms with Crippen LogP contribution in [-0.2, 0) is 4.79 Å². The van der Waals surface area contributed by atoms with Crippen molar-refractivity contribution in [1.29, 1.82) is 0 Å². The van der Waals surface area contributed by atoms with Crippen LogP contribution in [0.25, 0.3) is 0 Å². The molecule has 0 unspecified atom stereocenters. The maximum Gasteiger partial charge on any atom is 0.253 e. The third-order valence-corrected chi connectivity index (χ3v) is 7.44. The van der Waals surface area contributed by atoms with E-state index in [1.807, 2.05) is 0 Å². The van der Waals surface area contributed by atoms with Gasteiger partial charge in [0.15, 0.2) is 0 Å². The normalized spacial score (nSPS) is 29.2. The number of carbonyl (C=O) groups is 2. The number of hydrogen-bond donors (Lipinski definition) is 1. The molecule has 3 heterocycles. The quantitative estimate of drug-likeness (QED) is 0.840. The van der Waals surface area contributed by atoms with Crippen LogP contribution in [-0.4, -0.2) is 59.9 Å². The molecule has 1 saturated carbocycles. The Kier molecular flexibility index (Phi) is 4.40. The summed E-state index contributed by atoms with van der Waals surface area (Å²) in [4.78, 5) is 29.6. The van der Waals surface area contributed by atoms with E-state index in [9.17, 15) is 14.0 Å². The second kappa shape index (κ2) is 6.70. The van der Waals surface area contributed by atoms with Crippen LogP contribution in [0.1, 0.15) is 36.0 Å². The molecule has 4 fully saturated rings. The smallest absolute Gasteiger partial charge is 0.253 e. The molecule has 0 radical (unpaired) electrons. The Hall–Kier alpha value is -1.66. The van der Waals surface area contributed by atoms with E-state index in [-0.39, 0.29) is 28.3 Å². The number of amides is 2. The van der Waals surface area contributed by atoms with Gasteiger partial charge in [0, 0.05) is 49.7 Å². The molecule has 1 spiro atoms. The second-order valence-electron chi connectivity index (χ2n) is 8.94. The molecule has 3 aliphatic heterocycles. The molecule has 2 amide bonds. The largest absolute Gasteiger partial charge is 0.350 e. The van der Waals surface area contributed by atoms with Crippen LogP contribution in [0.5, 0.6) is 0 Å². The van der Waals surface area contributed by atoms with Crippen molar-refractivity contribution < 1.29 is 14.0 Å². The molecule has 7 heteroatoms. The summed E-state index contributed by atoms with van der Waals surface area (Å²) in [6.07, 6.45) is 4.18. The number of fused-ring (bicyclic) bond motifs is 2. The van der Waals surface area contributed by atoms with Gasteiger partial charge >= 0.3 is 0 Å². The fourth-order valence-electron chi connectivity index (χ4n) is 5.37. The third kappa shape index (κ3) is 3.11. The van der Waals surface area contributed by atoms with Crippen molar-refractivity contribution in [1.82, 2.24) is 15.1 Å². The number of piperidine rings is 1. The summed E-state index contributed by atoms with van der Waals surface area (Å²) in [7, 11) is 0. The lowest BCUT2D eigenvalue weighted by Crippen LogP contribution is -2.56. The van der Waals surface area contributed by atoms with E-state index in [2.05, 4.69) is 10.2 Å². The van der Waals surface area contributed by atoms with Gasteiger partial charge < -0.3 is 15.1 Å². The first-order valence-electron chi connectivity index (χ1n) is 10.2. The van der Waals surface area contributed by atoms with Crippen molar-refractivity contribution in [2.75, 3.05) is 32.7 Å². The van der Waals surface area contributed by atoms with Crippen LogP contribution in [0, 0.1) is 23.6 Å². The minimum atomic E-state index is -0.575. The maximum absolute atomic E-state index is 13.7. The van der Waals surface area contributed by atoms with Gasteiger partial charge in [0.25, 0.3) is 5.91 Å². The van der Waals surface area contributed by atoms with Crippen LogP contribution in [0.15, 0.2) is 18.2 Å². The van der Waals surface area contributed by atoms with Crippen LogP contribution in [0.4, 0.5) is 4.39 Å². The number of hydrogen-bond acceptors (Lipinski definition) is 3. The van der Waals surface area contributed by atoms with E-state index < -0.39 is 5.82 Å². The Bertz CT molecular complexity index is 820. The van der Waals surface area contributed by atoms with Gasteiger partial charge in [-0.3, -0.25) is 9.59 Å². The molecule has 0 bridgehead atoms. The molecule has 5 nitrogen and oxygen atoms in total. The summed E-state index contributed by atoms with van der Waals surface area (Å²) in [5, 5.41) is 3.31. The highest BCUT2D eigenvalue weighted by molar-refractivity contribution is 6.30. The molecule has 1 aliphatic carbocycles. The van der Waals surface area contributed by atoms with Gasteiger partial charge in [0.1, 0.15) is 5.82 Å². The van der Waals surface area contributed by atoms with Crippen molar-refractivity contribution in [3.05, 3.63) is 34.6 Å². The Balaban J connectivity index is 1.26. The number of benzene rings is 1. The summed E-state index contributed by atoms with van der Waals surface area (Å²) in [6.45, 7) is 4.14. The molecule has 2 atom stereocenters. The third-order valence-electron chi connectivity index (χ3n) is 7.14. The summed E-state index contributed by atoms with van der Waals surface area (Å²) in [5.41, 5.74) is 0.130. The first kappa shape index (κ1) is 18.4. The van der Waals surface area contributed by atoms with E-state index in [4.69, 9.17) is 11.6 Å². The van der Waals surface area contributed by atoms with Gasteiger partial charge in [0.05, 0.1) is 10.9 Å². The van der Waals surface area contributed by atoms with E-state index >= 15 is 0 Å². The zero-order valence-corrected chi connectivity index (χ0v) is 16.6. The molecule has 1 aromatic carbocycles. The lowest BCUT2D eigenvalue weighted by molar-refractivity contribution is -0.123. The molecule has 1 N–H and O–H groups in total. The Morgan fingerprint density at radius 2 is 2.00 bits per heavy atom. The van der Waals surface area contributed by atoms with Crippen LogP contribution >= 0.6 is 11.6 Å². The summed E-state index contributed by atoms with van der Waals surface area (Å²) in [5.74, 6) is 0.692. The molecule has 28 heavy (non-hydrogen) atoms. The molecule has 4 aliphatic rings. The van der Waals surface area contributed by atoms with E-state index in [1.54, 1.807) is 11.0 Å². The SMILES string of the molecule is O=C1NC2(CCN(C(=O)c3ccc(Cl)c(F)c3)CC2)[C@H]2CN(CC3CC3)C[C@@H]12. The molecule has 3 saturated heterocycles. The second-order valence-corrected chi connectivity index (χ2v) is 9.35. The van der Waals surface area contributed by atoms with Gasteiger partial charge in [-0.05, 0) is 49.8 Å². The van der Waals surface area contributed by atoms with Crippen molar-refractivity contribution >= 4 is 23.4 Å². The summed E-state index contributed by atoms with van der Waals surface area (Å²) >= 11 is 5.72. The highest BCUT2D eigenvalue weighted by Gasteiger charge is 2.57. The van der Waals surface area contributed by atoms with E-state index in [0.29, 0.717) is 24.6 Å². The van der Waals surface area contributed by atoms with E-state index in [0.717, 1.165) is 38.4 Å². The van der Waals surface area contributed by atoms with Crippen molar-refractivity contribution in [2.24, 2.45) is 17.8 Å². The summed E-state index contributed by atoms with van der Waals surface area (Å²) in [6, 6.07) is 4.19. The first-order valence-corrected chi connectivity index (χ1v) is 10.6. The zero-order valence-electron chi connectivity index (χ0n) is 15.8. The van der Waals surface area contributed by atoms with Gasteiger partial charge in [-0.15, -0.1) is 0 Å². The van der Waals surface area contributed by atoms with Crippen molar-refractivity contribution in [3.63, 3.8) is 0 Å². The first-order chi connectivity index (χ1) is 13.4. The minimum Gasteiger partial charge on any atom is -0.350 e. The predicted molar refractivity (Wildman–Crippen MR) is 104 cm³/mol. The van der Waals surface area contributed by atoms with Gasteiger partial charge in [-0.2, -0.15) is 0 Å². The Morgan fingerprint density at radius 1 is 1.25 bits per heavy atom. The van der Waals surface area contributed by atoms with Crippen molar-refractivity contribution in [2.45, 2.75) is 31.2 Å². The maximum atomic E-state index is 13.7. The number of halogens is 2. The zero-order chi connectivity index (χ0) is 19.5. The van der Waals surface area contributed by atoms with Gasteiger partial charge in [-0.25, -0.2) is 4.39 Å². The van der Waals surface area contributed by atoms with Crippen LogP contribution < -0.4 is 5.32 Å². The number of rotatable bonds is 3. The fourth-order valence-corrected chi connectivity index (χ4v) is 5.49. The van der Waals surface area contributed by atoms with Gasteiger partial charge in [0.2, 0.25) is 5.91 Å². The number of carbonyl (C=O) groups excluding carboxylic acids is 2. The molecule has 0 aromatic heterocycles. The monoisotopic (exact) mass is 405 g/mol. The van der Waals surface area contributed by atoms with Crippen LogP contribution in [0.2, 0.25) is 5.02 Å².